The molecule has 2 N–H and O–H groups in total. The zero-order chi connectivity index (χ0) is 15.5. The van der Waals surface area contributed by atoms with Crippen LogP contribution in [0.4, 0.5) is 5.69 Å². The average Bonchev–Trinajstić information content (AvgIpc) is 3.01. The largest absolute Gasteiger partial charge is 0.493 e. The van der Waals surface area contributed by atoms with Crippen molar-refractivity contribution in [3.05, 3.63) is 48.2 Å². The third kappa shape index (κ3) is 2.58. The molecule has 0 saturated heterocycles. The van der Waals surface area contributed by atoms with E-state index in [1.807, 2.05) is 18.2 Å². The molecule has 3 aromatic rings. The van der Waals surface area contributed by atoms with Crippen LogP contribution in [0, 0.1) is 0 Å². The highest BCUT2D eigenvalue weighted by Crippen LogP contribution is 2.28. The molecule has 0 aliphatic carbocycles. The molecule has 0 atom stereocenters. The smallest absolute Gasteiger partial charge is 0.255 e. The lowest BCUT2D eigenvalue weighted by Gasteiger charge is -2.10. The van der Waals surface area contributed by atoms with Crippen LogP contribution in [0.25, 0.3) is 10.9 Å². The maximum Gasteiger partial charge on any atom is 0.255 e. The van der Waals surface area contributed by atoms with Gasteiger partial charge in [-0.25, -0.2) is 0 Å². The third-order valence-corrected chi connectivity index (χ3v) is 3.35. The summed E-state index contributed by atoms with van der Waals surface area (Å²) >= 11 is 0. The molecule has 0 unspecified atom stereocenters. The molecule has 22 heavy (non-hydrogen) atoms. The van der Waals surface area contributed by atoms with Gasteiger partial charge in [-0.1, -0.05) is 0 Å². The molecule has 0 bridgehead atoms. The quantitative estimate of drug-likeness (QED) is 0.776. The van der Waals surface area contributed by atoms with E-state index in [2.05, 4.69) is 15.5 Å². The van der Waals surface area contributed by atoms with Crippen molar-refractivity contribution in [2.24, 2.45) is 0 Å². The molecule has 112 valence electrons. The van der Waals surface area contributed by atoms with Crippen LogP contribution in [-0.4, -0.2) is 30.3 Å². The van der Waals surface area contributed by atoms with Gasteiger partial charge in [-0.15, -0.1) is 0 Å². The van der Waals surface area contributed by atoms with Crippen LogP contribution in [0.15, 0.2) is 42.6 Å². The number of nitrogens with one attached hydrogen (secondary N) is 2. The van der Waals surface area contributed by atoms with E-state index < -0.39 is 0 Å². The van der Waals surface area contributed by atoms with Crippen molar-refractivity contribution in [1.29, 1.82) is 0 Å². The van der Waals surface area contributed by atoms with E-state index in [-0.39, 0.29) is 5.91 Å². The molecule has 1 heterocycles. The number of fused-ring (bicyclic) bond motifs is 1. The third-order valence-electron chi connectivity index (χ3n) is 3.35. The molecule has 0 saturated carbocycles. The van der Waals surface area contributed by atoms with E-state index >= 15 is 0 Å². The van der Waals surface area contributed by atoms with Gasteiger partial charge in [0.25, 0.3) is 5.91 Å². The number of nitrogens with zero attached hydrogens (tertiary/aromatic N) is 1. The number of methoxy groups -OCH3 is 2. The summed E-state index contributed by atoms with van der Waals surface area (Å²) in [5, 5.41) is 10.7. The van der Waals surface area contributed by atoms with Crippen LogP contribution in [0.3, 0.4) is 0 Å². The molecule has 0 spiro atoms. The molecule has 6 nitrogen and oxygen atoms in total. The molecule has 0 aliphatic rings. The molecule has 0 fully saturated rings. The van der Waals surface area contributed by atoms with Crippen molar-refractivity contribution in [3.8, 4) is 11.5 Å². The first-order chi connectivity index (χ1) is 10.7. The van der Waals surface area contributed by atoms with Crippen LogP contribution >= 0.6 is 0 Å². The number of carbonyl (C=O) groups excluding carboxylic acids is 1. The summed E-state index contributed by atoms with van der Waals surface area (Å²) < 4.78 is 10.4. The molecule has 0 aliphatic heterocycles. The lowest BCUT2D eigenvalue weighted by Crippen LogP contribution is -2.12. The minimum absolute atomic E-state index is 0.222. The van der Waals surface area contributed by atoms with Gasteiger partial charge < -0.3 is 14.8 Å². The van der Waals surface area contributed by atoms with Crippen molar-refractivity contribution in [2.75, 3.05) is 19.5 Å². The summed E-state index contributed by atoms with van der Waals surface area (Å²) in [5.41, 5.74) is 2.05. The Hall–Kier alpha value is -3.02. The number of carbonyl (C=O) groups is 1. The Kier molecular flexibility index (Phi) is 3.65. The fourth-order valence-electron chi connectivity index (χ4n) is 2.20. The van der Waals surface area contributed by atoms with Crippen LogP contribution in [0.1, 0.15) is 10.4 Å². The molecule has 3 rings (SSSR count). The van der Waals surface area contributed by atoms with Crippen molar-refractivity contribution >= 4 is 22.5 Å². The highest BCUT2D eigenvalue weighted by molar-refractivity contribution is 6.05. The van der Waals surface area contributed by atoms with Crippen LogP contribution in [-0.2, 0) is 0 Å². The van der Waals surface area contributed by atoms with Crippen molar-refractivity contribution < 1.29 is 14.3 Å². The van der Waals surface area contributed by atoms with E-state index in [1.54, 1.807) is 31.5 Å². The maximum atomic E-state index is 12.3. The molecule has 0 radical (unpaired) electrons. The lowest BCUT2D eigenvalue weighted by molar-refractivity contribution is 0.102. The Morgan fingerprint density at radius 1 is 1.09 bits per heavy atom. The van der Waals surface area contributed by atoms with Gasteiger partial charge in [-0.05, 0) is 36.4 Å². The zero-order valence-electron chi connectivity index (χ0n) is 12.2. The molecule has 6 heteroatoms. The topological polar surface area (TPSA) is 76.2 Å². The number of aromatic nitrogens is 2. The standard InChI is InChI=1S/C16H15N3O3/c1-21-14-6-4-10(7-15(14)22-2)16(20)18-12-5-3-11-9-17-19-13(11)8-12/h3-9H,1-2H3,(H,17,19)(H,18,20). The summed E-state index contributed by atoms with van der Waals surface area (Å²) in [6.45, 7) is 0. The fourth-order valence-corrected chi connectivity index (χ4v) is 2.20. The van der Waals surface area contributed by atoms with Gasteiger partial charge in [0, 0.05) is 16.6 Å². The molecule has 1 amide bonds. The zero-order valence-corrected chi connectivity index (χ0v) is 12.2. The molecule has 2 aromatic carbocycles. The summed E-state index contributed by atoms with van der Waals surface area (Å²) in [5.74, 6) is 0.872. The number of hydrogen-bond acceptors (Lipinski definition) is 4. The number of anilines is 1. The van der Waals surface area contributed by atoms with Gasteiger partial charge in [0.1, 0.15) is 0 Å². The first-order valence-electron chi connectivity index (χ1n) is 6.68. The van der Waals surface area contributed by atoms with E-state index in [0.29, 0.717) is 22.7 Å². The predicted octanol–water partition coefficient (Wildman–Crippen LogP) is 2.83. The lowest BCUT2D eigenvalue weighted by atomic mass is 10.1. The summed E-state index contributed by atoms with van der Waals surface area (Å²) in [4.78, 5) is 12.3. The Morgan fingerprint density at radius 2 is 1.91 bits per heavy atom. The van der Waals surface area contributed by atoms with Gasteiger partial charge in [-0.2, -0.15) is 5.10 Å². The number of amides is 1. The minimum Gasteiger partial charge on any atom is -0.493 e. The van der Waals surface area contributed by atoms with Gasteiger partial charge in [0.2, 0.25) is 0 Å². The highest BCUT2D eigenvalue weighted by Gasteiger charge is 2.11. The van der Waals surface area contributed by atoms with Crippen molar-refractivity contribution in [2.45, 2.75) is 0 Å². The second-order valence-electron chi connectivity index (χ2n) is 4.70. The van der Waals surface area contributed by atoms with Gasteiger partial charge in [0.05, 0.1) is 25.9 Å². The second kappa shape index (κ2) is 5.77. The number of ether oxygens (including phenoxy) is 2. The summed E-state index contributed by atoms with van der Waals surface area (Å²) in [6, 6.07) is 10.6. The van der Waals surface area contributed by atoms with Crippen molar-refractivity contribution in [1.82, 2.24) is 10.2 Å². The van der Waals surface area contributed by atoms with E-state index in [1.165, 1.54) is 7.11 Å². The summed E-state index contributed by atoms with van der Waals surface area (Å²) in [6.07, 6.45) is 1.73. The number of aromatic amines is 1. The SMILES string of the molecule is COc1ccc(C(=O)Nc2ccc3cn[nH]c3c2)cc1OC. The Balaban J connectivity index is 1.84. The minimum atomic E-state index is -0.222. The van der Waals surface area contributed by atoms with E-state index in [9.17, 15) is 4.79 Å². The van der Waals surface area contributed by atoms with Gasteiger partial charge >= 0.3 is 0 Å². The van der Waals surface area contributed by atoms with Crippen LogP contribution in [0.2, 0.25) is 0 Å². The predicted molar refractivity (Wildman–Crippen MR) is 83.6 cm³/mol. The van der Waals surface area contributed by atoms with Crippen LogP contribution < -0.4 is 14.8 Å². The number of hydrogen-bond donors (Lipinski definition) is 2. The van der Waals surface area contributed by atoms with Crippen LogP contribution in [0.5, 0.6) is 11.5 Å². The first kappa shape index (κ1) is 13.9. The van der Waals surface area contributed by atoms with Crippen molar-refractivity contribution in [3.63, 3.8) is 0 Å². The molecule has 1 aromatic heterocycles. The molecular formula is C16H15N3O3. The number of rotatable bonds is 4. The van der Waals surface area contributed by atoms with E-state index in [0.717, 1.165) is 10.9 Å². The Labute approximate surface area is 127 Å². The number of benzene rings is 2. The summed E-state index contributed by atoms with van der Waals surface area (Å²) in [7, 11) is 3.09. The van der Waals surface area contributed by atoms with Gasteiger partial charge in [0.15, 0.2) is 11.5 Å². The number of H-pyrrole nitrogens is 1. The first-order valence-corrected chi connectivity index (χ1v) is 6.68. The average molecular weight is 297 g/mol. The normalized spacial score (nSPS) is 10.5. The molecular weight excluding hydrogens is 282 g/mol. The fraction of sp³-hybridized carbons (Fsp3) is 0.125. The highest BCUT2D eigenvalue weighted by atomic mass is 16.5. The van der Waals surface area contributed by atoms with E-state index in [4.69, 9.17) is 9.47 Å². The van der Waals surface area contributed by atoms with Gasteiger partial charge in [-0.3, -0.25) is 9.89 Å². The Morgan fingerprint density at radius 3 is 2.68 bits per heavy atom. The second-order valence-corrected chi connectivity index (χ2v) is 4.70. The maximum absolute atomic E-state index is 12.3. The monoisotopic (exact) mass is 297 g/mol. The Bertz CT molecular complexity index is 826.